The summed E-state index contributed by atoms with van der Waals surface area (Å²) in [5, 5.41) is 0. The third-order valence-electron chi connectivity index (χ3n) is 1.69. The summed E-state index contributed by atoms with van der Waals surface area (Å²) in [6.07, 6.45) is 1.83. The Kier molecular flexibility index (Phi) is 3.01. The number of halogens is 2. The maximum atomic E-state index is 13.1. The minimum atomic E-state index is -0.555. The van der Waals surface area contributed by atoms with Crippen LogP contribution in [-0.4, -0.2) is 7.11 Å². The summed E-state index contributed by atoms with van der Waals surface area (Å²) in [5.41, 5.74) is 0.285. The van der Waals surface area contributed by atoms with Crippen LogP contribution in [0.15, 0.2) is 24.8 Å². The van der Waals surface area contributed by atoms with Gasteiger partial charge in [0.1, 0.15) is 5.82 Å². The normalized spacial score (nSPS) is 9.77. The Bertz CT molecular complexity index is 321. The second kappa shape index (κ2) is 4.03. The van der Waals surface area contributed by atoms with Crippen molar-refractivity contribution in [2.75, 3.05) is 7.11 Å². The molecule has 1 aromatic rings. The van der Waals surface area contributed by atoms with Crippen LogP contribution in [0.5, 0.6) is 5.75 Å². The van der Waals surface area contributed by atoms with Crippen LogP contribution in [-0.2, 0) is 6.42 Å². The average molecular weight is 184 g/mol. The lowest BCUT2D eigenvalue weighted by atomic mass is 10.1. The molecule has 0 aliphatic carbocycles. The molecule has 0 radical (unpaired) electrons. The van der Waals surface area contributed by atoms with Crippen LogP contribution in [0.4, 0.5) is 8.78 Å². The van der Waals surface area contributed by atoms with E-state index < -0.39 is 11.6 Å². The molecule has 0 amide bonds. The van der Waals surface area contributed by atoms with E-state index in [4.69, 9.17) is 0 Å². The predicted molar refractivity (Wildman–Crippen MR) is 46.8 cm³/mol. The van der Waals surface area contributed by atoms with E-state index in [0.717, 1.165) is 12.1 Å². The average Bonchev–Trinajstić information content (AvgIpc) is 2.11. The van der Waals surface area contributed by atoms with E-state index in [1.165, 1.54) is 13.2 Å². The van der Waals surface area contributed by atoms with Gasteiger partial charge in [0, 0.05) is 6.07 Å². The summed E-state index contributed by atoms with van der Waals surface area (Å²) in [5.74, 6) is -1.11. The quantitative estimate of drug-likeness (QED) is 0.656. The standard InChI is InChI=1S/C10H10F2O/c1-3-4-7-5-9(12)10(13-2)6-8(7)11/h3,5-6H,1,4H2,2H3. The molecular weight excluding hydrogens is 174 g/mol. The second-order valence-electron chi connectivity index (χ2n) is 2.57. The summed E-state index contributed by atoms with van der Waals surface area (Å²) in [6.45, 7) is 3.45. The number of rotatable bonds is 3. The van der Waals surface area contributed by atoms with Crippen molar-refractivity contribution in [2.45, 2.75) is 6.42 Å². The first-order chi connectivity index (χ1) is 6.19. The van der Waals surface area contributed by atoms with E-state index in [2.05, 4.69) is 11.3 Å². The zero-order chi connectivity index (χ0) is 9.84. The maximum Gasteiger partial charge on any atom is 0.165 e. The monoisotopic (exact) mass is 184 g/mol. The lowest BCUT2D eigenvalue weighted by Crippen LogP contribution is -1.94. The predicted octanol–water partition coefficient (Wildman–Crippen LogP) is 2.70. The summed E-state index contributed by atoms with van der Waals surface area (Å²) in [7, 11) is 1.30. The molecular formula is C10H10F2O. The van der Waals surface area contributed by atoms with Gasteiger partial charge in [0.15, 0.2) is 11.6 Å². The van der Waals surface area contributed by atoms with Gasteiger partial charge in [-0.25, -0.2) is 8.78 Å². The zero-order valence-corrected chi connectivity index (χ0v) is 7.31. The SMILES string of the molecule is C=CCc1cc(F)c(OC)cc1F. The van der Waals surface area contributed by atoms with E-state index in [1.807, 2.05) is 0 Å². The molecule has 0 heterocycles. The van der Waals surface area contributed by atoms with Crippen LogP contribution in [0.2, 0.25) is 0 Å². The van der Waals surface area contributed by atoms with Crippen molar-refractivity contribution in [3.63, 3.8) is 0 Å². The minimum Gasteiger partial charge on any atom is -0.494 e. The molecule has 0 aliphatic rings. The molecule has 0 aromatic heterocycles. The first-order valence-corrected chi connectivity index (χ1v) is 3.82. The van der Waals surface area contributed by atoms with Crippen molar-refractivity contribution in [1.82, 2.24) is 0 Å². The Labute approximate surface area is 75.6 Å². The van der Waals surface area contributed by atoms with Crippen LogP contribution in [0.25, 0.3) is 0 Å². The molecule has 1 rings (SSSR count). The largest absolute Gasteiger partial charge is 0.494 e. The lowest BCUT2D eigenvalue weighted by Gasteiger charge is -2.04. The van der Waals surface area contributed by atoms with Crippen LogP contribution in [0.1, 0.15) is 5.56 Å². The van der Waals surface area contributed by atoms with Gasteiger partial charge in [-0.3, -0.25) is 0 Å². The van der Waals surface area contributed by atoms with Gasteiger partial charge in [-0.05, 0) is 18.1 Å². The third-order valence-corrected chi connectivity index (χ3v) is 1.69. The lowest BCUT2D eigenvalue weighted by molar-refractivity contribution is 0.382. The number of hydrogen-bond donors (Lipinski definition) is 0. The molecule has 0 saturated carbocycles. The van der Waals surface area contributed by atoms with Crippen molar-refractivity contribution in [2.24, 2.45) is 0 Å². The van der Waals surface area contributed by atoms with Crippen LogP contribution < -0.4 is 4.74 Å². The van der Waals surface area contributed by atoms with Crippen molar-refractivity contribution in [1.29, 1.82) is 0 Å². The van der Waals surface area contributed by atoms with Gasteiger partial charge in [-0.2, -0.15) is 0 Å². The molecule has 0 N–H and O–H groups in total. The topological polar surface area (TPSA) is 9.23 Å². The molecule has 1 nitrogen and oxygen atoms in total. The highest BCUT2D eigenvalue weighted by molar-refractivity contribution is 5.31. The van der Waals surface area contributed by atoms with E-state index in [0.29, 0.717) is 6.42 Å². The third kappa shape index (κ3) is 2.05. The number of hydrogen-bond acceptors (Lipinski definition) is 1. The van der Waals surface area contributed by atoms with Crippen LogP contribution >= 0.6 is 0 Å². The molecule has 70 valence electrons. The fraction of sp³-hybridized carbons (Fsp3) is 0.200. The highest BCUT2D eigenvalue weighted by atomic mass is 19.1. The van der Waals surface area contributed by atoms with Gasteiger partial charge in [-0.15, -0.1) is 6.58 Å². The van der Waals surface area contributed by atoms with E-state index in [9.17, 15) is 8.78 Å². The second-order valence-corrected chi connectivity index (χ2v) is 2.57. The first-order valence-electron chi connectivity index (χ1n) is 3.82. The molecule has 3 heteroatoms. The van der Waals surface area contributed by atoms with Gasteiger partial charge in [0.2, 0.25) is 0 Å². The summed E-state index contributed by atoms with van der Waals surface area (Å²) in [6, 6.07) is 2.16. The zero-order valence-electron chi connectivity index (χ0n) is 7.31. The Balaban J connectivity index is 3.12. The molecule has 0 atom stereocenters. The summed E-state index contributed by atoms with van der Waals surface area (Å²) in [4.78, 5) is 0. The highest BCUT2D eigenvalue weighted by Crippen LogP contribution is 2.21. The Morgan fingerprint density at radius 1 is 1.38 bits per heavy atom. The van der Waals surface area contributed by atoms with E-state index in [1.54, 1.807) is 0 Å². The van der Waals surface area contributed by atoms with Crippen molar-refractivity contribution < 1.29 is 13.5 Å². The molecule has 0 spiro atoms. The van der Waals surface area contributed by atoms with Gasteiger partial charge in [0.05, 0.1) is 7.11 Å². The molecule has 1 aromatic carbocycles. The number of benzene rings is 1. The fourth-order valence-electron chi connectivity index (χ4n) is 1.04. The molecule has 0 aliphatic heterocycles. The molecule has 0 fully saturated rings. The van der Waals surface area contributed by atoms with Crippen molar-refractivity contribution in [3.05, 3.63) is 42.0 Å². The smallest absolute Gasteiger partial charge is 0.165 e. The summed E-state index contributed by atoms with van der Waals surface area (Å²) < 4.78 is 30.8. The highest BCUT2D eigenvalue weighted by Gasteiger charge is 2.08. The van der Waals surface area contributed by atoms with Crippen molar-refractivity contribution >= 4 is 0 Å². The minimum absolute atomic E-state index is 0.0784. The van der Waals surface area contributed by atoms with E-state index >= 15 is 0 Å². The van der Waals surface area contributed by atoms with Gasteiger partial charge >= 0.3 is 0 Å². The fourth-order valence-corrected chi connectivity index (χ4v) is 1.04. The Morgan fingerprint density at radius 3 is 2.62 bits per heavy atom. The van der Waals surface area contributed by atoms with E-state index in [-0.39, 0.29) is 11.3 Å². The number of allylic oxidation sites excluding steroid dienone is 1. The van der Waals surface area contributed by atoms with Gasteiger partial charge < -0.3 is 4.74 Å². The maximum absolute atomic E-state index is 13.1. The molecule has 0 unspecified atom stereocenters. The number of ether oxygens (including phenoxy) is 1. The number of methoxy groups -OCH3 is 1. The molecule has 0 bridgehead atoms. The Hall–Kier alpha value is -1.38. The summed E-state index contributed by atoms with van der Waals surface area (Å²) >= 11 is 0. The van der Waals surface area contributed by atoms with Gasteiger partial charge in [0.25, 0.3) is 0 Å². The van der Waals surface area contributed by atoms with Crippen molar-refractivity contribution in [3.8, 4) is 5.75 Å². The molecule has 0 saturated heterocycles. The van der Waals surface area contributed by atoms with Crippen LogP contribution in [0, 0.1) is 11.6 Å². The van der Waals surface area contributed by atoms with Gasteiger partial charge in [-0.1, -0.05) is 6.08 Å². The molecule has 13 heavy (non-hydrogen) atoms. The first kappa shape index (κ1) is 9.71. The Morgan fingerprint density at radius 2 is 2.08 bits per heavy atom. The van der Waals surface area contributed by atoms with Crippen LogP contribution in [0.3, 0.4) is 0 Å².